The van der Waals surface area contributed by atoms with Crippen LogP contribution in [0.2, 0.25) is 0 Å². The fraction of sp³-hybridized carbons (Fsp3) is 0.667. The average Bonchev–Trinajstić information content (AvgIpc) is 2.90. The average molecular weight is 418 g/mol. The lowest BCUT2D eigenvalue weighted by atomic mass is 9.32. The number of methoxy groups -OCH3 is 1. The highest BCUT2D eigenvalue weighted by Gasteiger charge is 2.81. The molecule has 0 amide bonds. The second kappa shape index (κ2) is 6.98. The summed E-state index contributed by atoms with van der Waals surface area (Å²) in [5.41, 5.74) is 4.65. The van der Waals surface area contributed by atoms with Crippen LogP contribution in [-0.4, -0.2) is 36.2 Å². The van der Waals surface area contributed by atoms with E-state index in [2.05, 4.69) is 27.7 Å². The van der Waals surface area contributed by atoms with Crippen molar-refractivity contribution >= 4 is 17.4 Å². The predicted octanol–water partition coefficient (Wildman–Crippen LogP) is 3.39. The first kappa shape index (κ1) is 22.6. The summed E-state index contributed by atoms with van der Waals surface area (Å²) < 4.78 is 10.5. The van der Waals surface area contributed by atoms with Crippen LogP contribution in [0.25, 0.3) is 0 Å². The number of carbonyl (C=O) groups excluding carboxylic acids is 2. The van der Waals surface area contributed by atoms with Gasteiger partial charge in [-0.25, -0.2) is 0 Å². The summed E-state index contributed by atoms with van der Waals surface area (Å²) in [5.74, 6) is -0.465. The van der Waals surface area contributed by atoms with Gasteiger partial charge in [-0.15, -0.1) is 0 Å². The van der Waals surface area contributed by atoms with Gasteiger partial charge in [0, 0.05) is 5.41 Å². The van der Waals surface area contributed by atoms with E-state index >= 15 is 0 Å². The summed E-state index contributed by atoms with van der Waals surface area (Å²) in [5, 5.41) is 11.7. The fourth-order valence-electron chi connectivity index (χ4n) is 6.44. The number of hydrogen-bond donors (Lipinski definition) is 2. The second-order valence-corrected chi connectivity index (χ2v) is 10.3. The smallest absolute Gasteiger partial charge is 0.310 e. The first-order valence-electron chi connectivity index (χ1n) is 10.6. The van der Waals surface area contributed by atoms with Gasteiger partial charge in [0.25, 0.3) is 0 Å². The first-order valence-corrected chi connectivity index (χ1v) is 10.6. The maximum atomic E-state index is 13.2. The van der Waals surface area contributed by atoms with Crippen molar-refractivity contribution in [3.63, 3.8) is 0 Å². The van der Waals surface area contributed by atoms with Crippen molar-refractivity contribution in [3.8, 4) is 5.75 Å². The van der Waals surface area contributed by atoms with Crippen LogP contribution in [0.15, 0.2) is 18.2 Å². The van der Waals surface area contributed by atoms with Gasteiger partial charge in [-0.1, -0.05) is 53.7 Å². The molecule has 2 saturated carbocycles. The molecule has 0 spiro atoms. The fourth-order valence-corrected chi connectivity index (χ4v) is 6.44. The quantitative estimate of drug-likeness (QED) is 0.544. The van der Waals surface area contributed by atoms with E-state index in [9.17, 15) is 14.7 Å². The molecule has 6 nitrogen and oxygen atoms in total. The molecule has 1 unspecified atom stereocenters. The number of carbonyl (C=O) groups is 2. The summed E-state index contributed by atoms with van der Waals surface area (Å²) in [7, 11) is 1.51. The molecule has 0 aliphatic heterocycles. The third kappa shape index (κ3) is 2.65. The number of nitrogen functional groups attached to an aromatic ring is 1. The van der Waals surface area contributed by atoms with E-state index in [1.807, 2.05) is 13.8 Å². The van der Waals surface area contributed by atoms with Crippen LogP contribution in [0.3, 0.4) is 0 Å². The molecule has 2 aliphatic carbocycles. The Morgan fingerprint density at radius 3 is 2.43 bits per heavy atom. The SMILES string of the molecule is COc1cccc(CC(=O)OCC(=O)[C@@]2(O)[C@H](C)CC3C(C)(C)C(C)(C)[C@@]32C)c1N. The Kier molecular flexibility index (Phi) is 5.26. The van der Waals surface area contributed by atoms with Crippen molar-refractivity contribution in [2.75, 3.05) is 19.5 Å². The minimum atomic E-state index is -1.52. The number of fused-ring (bicyclic) bond motifs is 1. The second-order valence-electron chi connectivity index (χ2n) is 10.3. The van der Waals surface area contributed by atoms with Crippen LogP contribution >= 0.6 is 0 Å². The summed E-state index contributed by atoms with van der Waals surface area (Å²) in [6, 6.07) is 5.18. The number of benzene rings is 1. The Balaban J connectivity index is 1.73. The molecule has 0 radical (unpaired) electrons. The molecule has 3 rings (SSSR count). The van der Waals surface area contributed by atoms with Crippen molar-refractivity contribution < 1.29 is 24.2 Å². The van der Waals surface area contributed by atoms with Gasteiger partial charge in [0.1, 0.15) is 11.4 Å². The summed E-state index contributed by atoms with van der Waals surface area (Å²) >= 11 is 0. The highest BCUT2D eigenvalue weighted by atomic mass is 16.5. The van der Waals surface area contributed by atoms with E-state index in [0.29, 0.717) is 17.0 Å². The zero-order chi connectivity index (χ0) is 22.7. The Labute approximate surface area is 179 Å². The number of Topliss-reactive ketones (excluding diaryl/α,β-unsaturated/α-hetero) is 1. The normalized spacial score (nSPS) is 33.3. The van der Waals surface area contributed by atoms with E-state index in [0.717, 1.165) is 6.42 Å². The lowest BCUT2D eigenvalue weighted by Gasteiger charge is -2.72. The molecular formula is C24H35NO5. The predicted molar refractivity (Wildman–Crippen MR) is 115 cm³/mol. The van der Waals surface area contributed by atoms with Crippen molar-refractivity contribution in [1.29, 1.82) is 0 Å². The number of ketones is 1. The molecule has 2 fully saturated rings. The van der Waals surface area contributed by atoms with Gasteiger partial charge in [0.15, 0.2) is 6.61 Å². The molecular weight excluding hydrogens is 382 g/mol. The number of aliphatic hydroxyl groups is 1. The molecule has 166 valence electrons. The number of hydrogen-bond acceptors (Lipinski definition) is 6. The molecule has 0 aromatic heterocycles. The van der Waals surface area contributed by atoms with E-state index in [1.165, 1.54) is 7.11 Å². The maximum Gasteiger partial charge on any atom is 0.310 e. The minimum Gasteiger partial charge on any atom is -0.495 e. The molecule has 0 saturated heterocycles. The lowest BCUT2D eigenvalue weighted by molar-refractivity contribution is -0.278. The van der Waals surface area contributed by atoms with E-state index in [1.54, 1.807) is 18.2 Å². The summed E-state index contributed by atoms with van der Waals surface area (Å²) in [4.78, 5) is 25.6. The van der Waals surface area contributed by atoms with E-state index < -0.39 is 29.4 Å². The lowest BCUT2D eigenvalue weighted by Crippen LogP contribution is -2.73. The molecule has 0 heterocycles. The zero-order valence-corrected chi connectivity index (χ0v) is 19.2. The van der Waals surface area contributed by atoms with Crippen molar-refractivity contribution in [2.45, 2.75) is 60.0 Å². The summed E-state index contributed by atoms with van der Waals surface area (Å²) in [6.07, 6.45) is 0.714. The van der Waals surface area contributed by atoms with Crippen LogP contribution in [-0.2, 0) is 20.7 Å². The maximum absolute atomic E-state index is 13.2. The summed E-state index contributed by atoms with van der Waals surface area (Å²) in [6.45, 7) is 12.2. The van der Waals surface area contributed by atoms with Gasteiger partial charge < -0.3 is 20.3 Å². The van der Waals surface area contributed by atoms with Gasteiger partial charge in [0.2, 0.25) is 5.78 Å². The van der Waals surface area contributed by atoms with Gasteiger partial charge in [0.05, 0.1) is 19.2 Å². The van der Waals surface area contributed by atoms with E-state index in [4.69, 9.17) is 15.2 Å². The third-order valence-corrected chi connectivity index (χ3v) is 9.07. The van der Waals surface area contributed by atoms with Crippen LogP contribution in [0.5, 0.6) is 5.75 Å². The highest BCUT2D eigenvalue weighted by Crippen LogP contribution is 2.80. The van der Waals surface area contributed by atoms with Crippen molar-refractivity contribution in [2.24, 2.45) is 28.1 Å². The monoisotopic (exact) mass is 417 g/mol. The van der Waals surface area contributed by atoms with Crippen LogP contribution in [0.4, 0.5) is 5.69 Å². The van der Waals surface area contributed by atoms with Crippen molar-refractivity contribution in [1.82, 2.24) is 0 Å². The van der Waals surface area contributed by atoms with Crippen LogP contribution < -0.4 is 10.5 Å². The number of ether oxygens (including phenoxy) is 2. The van der Waals surface area contributed by atoms with Crippen LogP contribution in [0, 0.1) is 28.1 Å². The van der Waals surface area contributed by atoms with Gasteiger partial charge in [-0.05, 0) is 40.7 Å². The Bertz CT molecular complexity index is 876. The molecule has 6 heteroatoms. The van der Waals surface area contributed by atoms with Crippen molar-refractivity contribution in [3.05, 3.63) is 23.8 Å². The molecule has 30 heavy (non-hydrogen) atoms. The van der Waals surface area contributed by atoms with Gasteiger partial charge in [-0.3, -0.25) is 9.59 Å². The number of rotatable bonds is 6. The van der Waals surface area contributed by atoms with Gasteiger partial charge in [-0.2, -0.15) is 0 Å². The number of nitrogens with two attached hydrogens (primary N) is 1. The zero-order valence-electron chi connectivity index (χ0n) is 19.2. The number of esters is 1. The molecule has 1 aromatic rings. The largest absolute Gasteiger partial charge is 0.495 e. The van der Waals surface area contributed by atoms with Gasteiger partial charge >= 0.3 is 5.97 Å². The molecule has 3 N–H and O–H groups in total. The third-order valence-electron chi connectivity index (χ3n) is 9.07. The van der Waals surface area contributed by atoms with E-state index in [-0.39, 0.29) is 29.1 Å². The molecule has 2 aliphatic rings. The number of anilines is 1. The Morgan fingerprint density at radius 1 is 1.20 bits per heavy atom. The highest BCUT2D eigenvalue weighted by molar-refractivity contribution is 5.92. The molecule has 1 aromatic carbocycles. The Hall–Kier alpha value is -2.08. The topological polar surface area (TPSA) is 98.8 Å². The standard InChI is InChI=1S/C24H35NO5/c1-14-11-17-21(2,3)22(4,5)23(17,6)24(14,28)18(26)13-30-19(27)12-15-9-8-10-16(29-7)20(15)25/h8-10,14,17,28H,11-13,25H2,1-7H3/t14-,17?,23-,24+/m1/s1. The minimum absolute atomic E-state index is 0.0152. The number of para-hydroxylation sites is 1. The van der Waals surface area contributed by atoms with Crippen LogP contribution in [0.1, 0.15) is 53.5 Å². The molecule has 0 bridgehead atoms. The Morgan fingerprint density at radius 2 is 1.83 bits per heavy atom. The molecule has 4 atom stereocenters. The first-order chi connectivity index (χ1) is 13.8.